The van der Waals surface area contributed by atoms with Crippen molar-refractivity contribution in [1.82, 2.24) is 19.9 Å². The molecule has 1 saturated carbocycles. The smallest absolute Gasteiger partial charge is 0.220 e. The van der Waals surface area contributed by atoms with Crippen molar-refractivity contribution in [1.29, 1.82) is 0 Å². The maximum Gasteiger partial charge on any atom is 0.220 e. The first-order chi connectivity index (χ1) is 9.63. The monoisotopic (exact) mass is 273 g/mol. The van der Waals surface area contributed by atoms with Gasteiger partial charge in [-0.2, -0.15) is 0 Å². The Bertz CT molecular complexity index is 644. The number of fused-ring (bicyclic) bond motifs is 1. The summed E-state index contributed by atoms with van der Waals surface area (Å²) in [5.41, 5.74) is 8.58. The molecular formula is C14H19N5O. The Kier molecular flexibility index (Phi) is 3.30. The van der Waals surface area contributed by atoms with Crippen molar-refractivity contribution < 1.29 is 4.79 Å². The van der Waals surface area contributed by atoms with Crippen molar-refractivity contribution in [2.45, 2.75) is 45.2 Å². The zero-order valence-electron chi connectivity index (χ0n) is 11.6. The number of imidazole rings is 1. The first-order valence-electron chi connectivity index (χ1n) is 7.01. The van der Waals surface area contributed by atoms with Crippen molar-refractivity contribution >= 4 is 23.0 Å². The highest BCUT2D eigenvalue weighted by molar-refractivity contribution is 5.77. The molecule has 0 spiro atoms. The average Bonchev–Trinajstić information content (AvgIpc) is 3.14. The molecular weight excluding hydrogens is 254 g/mol. The maximum atomic E-state index is 11.6. The third-order valence-corrected chi connectivity index (χ3v) is 3.48. The van der Waals surface area contributed by atoms with Crippen LogP contribution in [-0.2, 0) is 11.3 Å². The molecule has 2 aromatic rings. The van der Waals surface area contributed by atoms with Crippen molar-refractivity contribution in [3.05, 3.63) is 17.8 Å². The largest absolute Gasteiger partial charge is 0.369 e. The van der Waals surface area contributed by atoms with Crippen LogP contribution in [0.15, 0.2) is 12.3 Å². The zero-order valence-corrected chi connectivity index (χ0v) is 11.6. The molecule has 106 valence electrons. The van der Waals surface area contributed by atoms with Crippen LogP contribution >= 0.6 is 0 Å². The van der Waals surface area contributed by atoms with Crippen LogP contribution in [0.3, 0.4) is 0 Å². The molecule has 2 heterocycles. The molecule has 3 rings (SSSR count). The van der Waals surface area contributed by atoms with Gasteiger partial charge in [-0.15, -0.1) is 0 Å². The van der Waals surface area contributed by atoms with Gasteiger partial charge >= 0.3 is 0 Å². The Morgan fingerprint density at radius 1 is 1.55 bits per heavy atom. The number of carbonyl (C=O) groups is 1. The van der Waals surface area contributed by atoms with Gasteiger partial charge in [-0.05, 0) is 37.8 Å². The fraction of sp³-hybridized carbons (Fsp3) is 0.500. The van der Waals surface area contributed by atoms with E-state index in [4.69, 9.17) is 5.73 Å². The van der Waals surface area contributed by atoms with Gasteiger partial charge in [0.1, 0.15) is 5.52 Å². The molecule has 1 amide bonds. The molecule has 20 heavy (non-hydrogen) atoms. The second-order valence-electron chi connectivity index (χ2n) is 5.42. The zero-order chi connectivity index (χ0) is 14.1. The number of amides is 1. The number of hydrogen-bond acceptors (Lipinski definition) is 4. The lowest BCUT2D eigenvalue weighted by Crippen LogP contribution is -2.25. The number of anilines is 1. The lowest BCUT2D eigenvalue weighted by atomic mass is 10.3. The number of rotatable bonds is 5. The number of nitrogens with zero attached hydrogens (tertiary/aromatic N) is 3. The summed E-state index contributed by atoms with van der Waals surface area (Å²) in [5.74, 6) is 0.583. The van der Waals surface area contributed by atoms with Gasteiger partial charge in [0.25, 0.3) is 0 Å². The molecule has 0 radical (unpaired) electrons. The first-order valence-corrected chi connectivity index (χ1v) is 7.01. The molecule has 6 heteroatoms. The van der Waals surface area contributed by atoms with Crippen molar-refractivity contribution in [2.24, 2.45) is 0 Å². The van der Waals surface area contributed by atoms with E-state index in [2.05, 4.69) is 15.3 Å². The second-order valence-corrected chi connectivity index (χ2v) is 5.42. The topological polar surface area (TPSA) is 85.8 Å². The van der Waals surface area contributed by atoms with Crippen LogP contribution in [0.5, 0.6) is 0 Å². The third kappa shape index (κ3) is 2.74. The SMILES string of the molecule is Cc1cnc2c(c1)nc(N)n2CCCC(=O)NC1CC1. The second kappa shape index (κ2) is 5.11. The third-order valence-electron chi connectivity index (χ3n) is 3.48. The van der Waals surface area contributed by atoms with Gasteiger partial charge in [-0.25, -0.2) is 9.97 Å². The van der Waals surface area contributed by atoms with E-state index in [0.717, 1.165) is 36.0 Å². The molecule has 1 fully saturated rings. The minimum Gasteiger partial charge on any atom is -0.369 e. The average molecular weight is 273 g/mol. The lowest BCUT2D eigenvalue weighted by Gasteiger charge is -2.06. The lowest BCUT2D eigenvalue weighted by molar-refractivity contribution is -0.121. The first kappa shape index (κ1) is 12.9. The number of nitrogen functional groups attached to an aromatic ring is 1. The number of nitrogens with two attached hydrogens (primary N) is 1. The summed E-state index contributed by atoms with van der Waals surface area (Å²) in [6.07, 6.45) is 5.30. The molecule has 0 bridgehead atoms. The highest BCUT2D eigenvalue weighted by Gasteiger charge is 2.22. The van der Waals surface area contributed by atoms with Crippen LogP contribution in [0, 0.1) is 6.92 Å². The molecule has 0 atom stereocenters. The van der Waals surface area contributed by atoms with Gasteiger partial charge in [0.05, 0.1) is 0 Å². The Morgan fingerprint density at radius 3 is 3.10 bits per heavy atom. The number of carbonyl (C=O) groups excluding carboxylic acids is 1. The van der Waals surface area contributed by atoms with Gasteiger partial charge in [-0.1, -0.05) is 0 Å². The molecule has 0 unspecified atom stereocenters. The number of pyridine rings is 1. The minimum atomic E-state index is 0.124. The molecule has 6 nitrogen and oxygen atoms in total. The standard InChI is InChI=1S/C14H19N5O/c1-9-7-11-13(16-8-9)19(14(15)18-11)6-2-3-12(20)17-10-4-5-10/h7-8,10H,2-6H2,1H3,(H2,15,18)(H,17,20). The fourth-order valence-electron chi connectivity index (χ4n) is 2.27. The normalized spacial score (nSPS) is 14.7. The summed E-state index contributed by atoms with van der Waals surface area (Å²) >= 11 is 0. The summed E-state index contributed by atoms with van der Waals surface area (Å²) in [4.78, 5) is 20.3. The Labute approximate surface area is 117 Å². The molecule has 0 saturated heterocycles. The molecule has 1 aliphatic rings. The Hall–Kier alpha value is -2.11. The minimum absolute atomic E-state index is 0.124. The van der Waals surface area contributed by atoms with Crippen LogP contribution in [0.25, 0.3) is 11.2 Å². The van der Waals surface area contributed by atoms with Crippen molar-refractivity contribution in [3.8, 4) is 0 Å². The maximum absolute atomic E-state index is 11.6. The van der Waals surface area contributed by atoms with Crippen molar-refractivity contribution in [3.63, 3.8) is 0 Å². The number of nitrogens with one attached hydrogen (secondary N) is 1. The summed E-state index contributed by atoms with van der Waals surface area (Å²) in [6.45, 7) is 2.64. The van der Waals surface area contributed by atoms with Crippen LogP contribution in [-0.4, -0.2) is 26.5 Å². The molecule has 0 aromatic carbocycles. The molecule has 0 aliphatic heterocycles. The number of aromatic nitrogens is 3. The van der Waals surface area contributed by atoms with E-state index in [1.807, 2.05) is 17.6 Å². The molecule has 1 aliphatic carbocycles. The van der Waals surface area contributed by atoms with E-state index in [0.29, 0.717) is 25.0 Å². The van der Waals surface area contributed by atoms with Gasteiger partial charge < -0.3 is 11.1 Å². The van der Waals surface area contributed by atoms with E-state index in [9.17, 15) is 4.79 Å². The van der Waals surface area contributed by atoms with E-state index < -0.39 is 0 Å². The fourth-order valence-corrected chi connectivity index (χ4v) is 2.27. The summed E-state index contributed by atoms with van der Waals surface area (Å²) in [5, 5.41) is 2.98. The van der Waals surface area contributed by atoms with Gasteiger partial charge in [0.2, 0.25) is 11.9 Å². The molecule has 2 aromatic heterocycles. The predicted octanol–water partition coefficient (Wildman–Crippen LogP) is 1.38. The Balaban J connectivity index is 1.64. The van der Waals surface area contributed by atoms with Crippen LogP contribution in [0.1, 0.15) is 31.2 Å². The quantitative estimate of drug-likeness (QED) is 0.861. The van der Waals surface area contributed by atoms with Crippen LogP contribution < -0.4 is 11.1 Å². The van der Waals surface area contributed by atoms with Crippen molar-refractivity contribution in [2.75, 3.05) is 5.73 Å². The van der Waals surface area contributed by atoms with E-state index in [-0.39, 0.29) is 5.91 Å². The van der Waals surface area contributed by atoms with E-state index in [1.54, 1.807) is 6.20 Å². The summed E-state index contributed by atoms with van der Waals surface area (Å²) in [7, 11) is 0. The van der Waals surface area contributed by atoms with Gasteiger partial charge in [0, 0.05) is 25.2 Å². The highest BCUT2D eigenvalue weighted by atomic mass is 16.1. The predicted molar refractivity (Wildman–Crippen MR) is 77.1 cm³/mol. The highest BCUT2D eigenvalue weighted by Crippen LogP contribution is 2.19. The van der Waals surface area contributed by atoms with E-state index >= 15 is 0 Å². The number of aryl methyl sites for hydroxylation is 2. The van der Waals surface area contributed by atoms with Gasteiger partial charge in [-0.3, -0.25) is 9.36 Å². The summed E-state index contributed by atoms with van der Waals surface area (Å²) < 4.78 is 1.87. The summed E-state index contributed by atoms with van der Waals surface area (Å²) in [6, 6.07) is 2.39. The van der Waals surface area contributed by atoms with Crippen LogP contribution in [0.4, 0.5) is 5.95 Å². The van der Waals surface area contributed by atoms with E-state index in [1.165, 1.54) is 0 Å². The molecule has 3 N–H and O–H groups in total. The Morgan fingerprint density at radius 2 is 2.35 bits per heavy atom. The van der Waals surface area contributed by atoms with Crippen LogP contribution in [0.2, 0.25) is 0 Å². The van der Waals surface area contributed by atoms with Gasteiger partial charge in [0.15, 0.2) is 5.65 Å². The number of hydrogen-bond donors (Lipinski definition) is 2.